The molecule has 0 saturated heterocycles. The van der Waals surface area contributed by atoms with E-state index in [-0.39, 0.29) is 6.42 Å². The first-order valence-corrected chi connectivity index (χ1v) is 6.62. The van der Waals surface area contributed by atoms with E-state index in [9.17, 15) is 13.2 Å². The van der Waals surface area contributed by atoms with Gasteiger partial charge in [0.15, 0.2) is 0 Å². The number of hydrogen-bond donors (Lipinski definition) is 1. The molecule has 0 bridgehead atoms. The summed E-state index contributed by atoms with van der Waals surface area (Å²) in [7, 11) is 1.56. The molecule has 0 aliphatic carbocycles. The maximum atomic E-state index is 12.2. The number of halogens is 3. The molecule has 0 aliphatic rings. The number of rotatable bonds is 8. The predicted octanol–water partition coefficient (Wildman–Crippen LogP) is 3.19. The highest BCUT2D eigenvalue weighted by Crippen LogP contribution is 2.24. The van der Waals surface area contributed by atoms with E-state index < -0.39 is 12.6 Å². The summed E-state index contributed by atoms with van der Waals surface area (Å²) in [6.45, 7) is 1.51. The molecule has 1 rings (SSSR count). The normalized spacial score (nSPS) is 11.4. The van der Waals surface area contributed by atoms with Gasteiger partial charge in [-0.2, -0.15) is 13.2 Å². The number of anilines is 1. The number of ether oxygens (including phenoxy) is 1. The molecule has 0 amide bonds. The second-order valence-corrected chi connectivity index (χ2v) is 4.55. The molecule has 6 heteroatoms. The van der Waals surface area contributed by atoms with Crippen molar-refractivity contribution >= 4 is 5.69 Å². The molecule has 1 aromatic carbocycles. The molecule has 0 aliphatic heterocycles. The van der Waals surface area contributed by atoms with Crippen LogP contribution in [0.3, 0.4) is 0 Å². The van der Waals surface area contributed by atoms with Gasteiger partial charge in [-0.05, 0) is 31.5 Å². The third-order valence-corrected chi connectivity index (χ3v) is 2.94. The van der Waals surface area contributed by atoms with Gasteiger partial charge in [-0.15, -0.1) is 0 Å². The van der Waals surface area contributed by atoms with Crippen LogP contribution in [0.2, 0.25) is 0 Å². The standard InChI is InChI=1S/C14H21F3N2O/c1-20-13-6-2-5-12(11-13)19(10-4-8-18)9-3-7-14(15,16)17/h2,5-6,11H,3-4,7-10,18H2,1H3. The second-order valence-electron chi connectivity index (χ2n) is 4.55. The summed E-state index contributed by atoms with van der Waals surface area (Å²) in [5, 5.41) is 0. The van der Waals surface area contributed by atoms with Crippen molar-refractivity contribution in [3.8, 4) is 5.75 Å². The highest BCUT2D eigenvalue weighted by atomic mass is 19.4. The second kappa shape index (κ2) is 7.99. The van der Waals surface area contributed by atoms with E-state index in [1.165, 1.54) is 0 Å². The van der Waals surface area contributed by atoms with Gasteiger partial charge >= 0.3 is 6.18 Å². The summed E-state index contributed by atoms with van der Waals surface area (Å²) >= 11 is 0. The first kappa shape index (κ1) is 16.6. The molecule has 0 spiro atoms. The van der Waals surface area contributed by atoms with Gasteiger partial charge in [-0.3, -0.25) is 0 Å². The molecule has 0 heterocycles. The van der Waals surface area contributed by atoms with Gasteiger partial charge < -0.3 is 15.4 Å². The highest BCUT2D eigenvalue weighted by molar-refractivity contribution is 5.50. The van der Waals surface area contributed by atoms with Crippen molar-refractivity contribution in [1.29, 1.82) is 0 Å². The van der Waals surface area contributed by atoms with Crippen LogP contribution < -0.4 is 15.4 Å². The minimum atomic E-state index is -4.10. The molecule has 1 aromatic rings. The van der Waals surface area contributed by atoms with E-state index in [0.29, 0.717) is 25.4 Å². The van der Waals surface area contributed by atoms with Gasteiger partial charge in [0, 0.05) is 31.3 Å². The highest BCUT2D eigenvalue weighted by Gasteiger charge is 2.26. The lowest BCUT2D eigenvalue weighted by Gasteiger charge is -2.25. The fourth-order valence-corrected chi connectivity index (χ4v) is 1.93. The van der Waals surface area contributed by atoms with Crippen molar-refractivity contribution in [3.05, 3.63) is 24.3 Å². The van der Waals surface area contributed by atoms with E-state index in [0.717, 1.165) is 12.1 Å². The Bertz CT molecular complexity index is 396. The lowest BCUT2D eigenvalue weighted by molar-refractivity contribution is -0.135. The van der Waals surface area contributed by atoms with Crippen LogP contribution in [-0.2, 0) is 0 Å². The maximum absolute atomic E-state index is 12.2. The molecule has 114 valence electrons. The van der Waals surface area contributed by atoms with E-state index >= 15 is 0 Å². The minimum absolute atomic E-state index is 0.0747. The number of nitrogens with two attached hydrogens (primary N) is 1. The van der Waals surface area contributed by atoms with Crippen LogP contribution in [0.25, 0.3) is 0 Å². The van der Waals surface area contributed by atoms with Crippen LogP contribution in [0.1, 0.15) is 19.3 Å². The Morgan fingerprint density at radius 3 is 2.50 bits per heavy atom. The van der Waals surface area contributed by atoms with Crippen LogP contribution >= 0.6 is 0 Å². The lowest BCUT2D eigenvalue weighted by Crippen LogP contribution is -2.28. The molecule has 0 fully saturated rings. The zero-order valence-corrected chi connectivity index (χ0v) is 11.6. The summed E-state index contributed by atoms with van der Waals surface area (Å²) in [5.74, 6) is 0.691. The number of alkyl halides is 3. The molecule has 20 heavy (non-hydrogen) atoms. The predicted molar refractivity (Wildman–Crippen MR) is 74.2 cm³/mol. The topological polar surface area (TPSA) is 38.5 Å². The maximum Gasteiger partial charge on any atom is 0.389 e. The van der Waals surface area contributed by atoms with E-state index in [2.05, 4.69) is 0 Å². The summed E-state index contributed by atoms with van der Waals surface area (Å²) in [6.07, 6.45) is -4.06. The first-order valence-electron chi connectivity index (χ1n) is 6.62. The van der Waals surface area contributed by atoms with Crippen LogP contribution in [0, 0.1) is 0 Å². The van der Waals surface area contributed by atoms with E-state index in [1.54, 1.807) is 13.2 Å². The lowest BCUT2D eigenvalue weighted by atomic mass is 10.2. The van der Waals surface area contributed by atoms with Gasteiger partial charge in [0.25, 0.3) is 0 Å². The Kier molecular flexibility index (Phi) is 6.64. The molecular formula is C14H21F3N2O. The van der Waals surface area contributed by atoms with Gasteiger partial charge in [-0.25, -0.2) is 0 Å². The molecule has 0 atom stereocenters. The average Bonchev–Trinajstić information content (AvgIpc) is 2.41. The summed E-state index contributed by atoms with van der Waals surface area (Å²) in [5.41, 5.74) is 6.34. The Morgan fingerprint density at radius 1 is 1.20 bits per heavy atom. The number of methoxy groups -OCH3 is 1. The first-order chi connectivity index (χ1) is 9.46. The van der Waals surface area contributed by atoms with E-state index in [1.807, 2.05) is 23.1 Å². The summed E-state index contributed by atoms with van der Waals surface area (Å²) < 4.78 is 41.8. The van der Waals surface area contributed by atoms with Crippen molar-refractivity contribution in [1.82, 2.24) is 0 Å². The van der Waals surface area contributed by atoms with Crippen molar-refractivity contribution in [2.24, 2.45) is 5.73 Å². The quantitative estimate of drug-likeness (QED) is 0.799. The third-order valence-electron chi connectivity index (χ3n) is 2.94. The van der Waals surface area contributed by atoms with Gasteiger partial charge in [0.1, 0.15) is 5.75 Å². The van der Waals surface area contributed by atoms with Gasteiger partial charge in [0.2, 0.25) is 0 Å². The zero-order valence-electron chi connectivity index (χ0n) is 11.6. The zero-order chi connectivity index (χ0) is 15.0. The van der Waals surface area contributed by atoms with Crippen molar-refractivity contribution in [2.45, 2.75) is 25.4 Å². The monoisotopic (exact) mass is 290 g/mol. The minimum Gasteiger partial charge on any atom is -0.497 e. The fourth-order valence-electron chi connectivity index (χ4n) is 1.93. The molecule has 3 nitrogen and oxygen atoms in total. The third kappa shape index (κ3) is 6.14. The molecular weight excluding hydrogens is 269 g/mol. The average molecular weight is 290 g/mol. The Balaban J connectivity index is 2.67. The van der Waals surface area contributed by atoms with E-state index in [4.69, 9.17) is 10.5 Å². The molecule has 2 N–H and O–H groups in total. The van der Waals surface area contributed by atoms with Crippen molar-refractivity contribution in [2.75, 3.05) is 31.6 Å². The van der Waals surface area contributed by atoms with Crippen LogP contribution in [0.5, 0.6) is 5.75 Å². The van der Waals surface area contributed by atoms with Crippen LogP contribution in [0.15, 0.2) is 24.3 Å². The smallest absolute Gasteiger partial charge is 0.389 e. The van der Waals surface area contributed by atoms with Gasteiger partial charge in [-0.1, -0.05) is 6.07 Å². The van der Waals surface area contributed by atoms with Crippen molar-refractivity contribution < 1.29 is 17.9 Å². The largest absolute Gasteiger partial charge is 0.497 e. The molecule has 0 aromatic heterocycles. The van der Waals surface area contributed by atoms with Crippen LogP contribution in [-0.4, -0.2) is 32.9 Å². The summed E-state index contributed by atoms with van der Waals surface area (Å²) in [4.78, 5) is 1.92. The molecule has 0 radical (unpaired) electrons. The Labute approximate surface area is 117 Å². The summed E-state index contributed by atoms with van der Waals surface area (Å²) in [6, 6.07) is 7.32. The Morgan fingerprint density at radius 2 is 1.90 bits per heavy atom. The molecule has 0 unspecified atom stereocenters. The van der Waals surface area contributed by atoms with Crippen LogP contribution in [0.4, 0.5) is 18.9 Å². The SMILES string of the molecule is COc1cccc(N(CCCN)CCCC(F)(F)F)c1. The number of hydrogen-bond acceptors (Lipinski definition) is 3. The van der Waals surface area contributed by atoms with Gasteiger partial charge in [0.05, 0.1) is 7.11 Å². The molecule has 0 saturated carbocycles. The fraction of sp³-hybridized carbons (Fsp3) is 0.571. The van der Waals surface area contributed by atoms with Crippen molar-refractivity contribution in [3.63, 3.8) is 0 Å². The number of nitrogens with zero attached hydrogens (tertiary/aromatic N) is 1. The number of benzene rings is 1. The Hall–Kier alpha value is -1.43.